The lowest BCUT2D eigenvalue weighted by molar-refractivity contribution is -0.156. The number of carbonyl (C=O) groups excluding carboxylic acids is 3. The molecule has 0 spiro atoms. The molecule has 2 N–H and O–H groups in total. The van der Waals surface area contributed by atoms with Gasteiger partial charge in [0.25, 0.3) is 5.91 Å². The van der Waals surface area contributed by atoms with Gasteiger partial charge in [0.1, 0.15) is 12.4 Å². The summed E-state index contributed by atoms with van der Waals surface area (Å²) in [7, 11) is 0. The number of ether oxygens (including phenoxy) is 1. The SMILES string of the molecule is CC(OC(=O)CNC(=O)C12CC3CC(CC(C3)C1)C2)C(=O)NCc1ccc(F)cc1. The van der Waals surface area contributed by atoms with Crippen molar-refractivity contribution in [2.24, 2.45) is 23.2 Å². The van der Waals surface area contributed by atoms with E-state index in [1.165, 1.54) is 38.3 Å². The minimum absolute atomic E-state index is 0.0352. The monoisotopic (exact) mass is 416 g/mol. The predicted molar refractivity (Wildman–Crippen MR) is 107 cm³/mol. The summed E-state index contributed by atoms with van der Waals surface area (Å²) >= 11 is 0. The number of esters is 1. The average Bonchev–Trinajstić information content (AvgIpc) is 2.70. The first kappa shape index (κ1) is 20.8. The summed E-state index contributed by atoms with van der Waals surface area (Å²) in [6.45, 7) is 1.47. The molecule has 0 aliphatic heterocycles. The van der Waals surface area contributed by atoms with Gasteiger partial charge in [0.2, 0.25) is 5.91 Å². The van der Waals surface area contributed by atoms with Crippen LogP contribution in [0.1, 0.15) is 51.0 Å². The summed E-state index contributed by atoms with van der Waals surface area (Å²) < 4.78 is 18.1. The fraction of sp³-hybridized carbons (Fsp3) is 0.609. The first-order chi connectivity index (χ1) is 14.3. The van der Waals surface area contributed by atoms with Crippen LogP contribution >= 0.6 is 0 Å². The van der Waals surface area contributed by atoms with E-state index in [1.807, 2.05) is 0 Å². The number of nitrogens with one attached hydrogen (secondary N) is 2. The first-order valence-corrected chi connectivity index (χ1v) is 10.8. The van der Waals surface area contributed by atoms with Gasteiger partial charge in [-0.25, -0.2) is 4.39 Å². The molecule has 0 aromatic heterocycles. The van der Waals surface area contributed by atoms with Crippen LogP contribution in [0.2, 0.25) is 0 Å². The van der Waals surface area contributed by atoms with Crippen LogP contribution in [0.5, 0.6) is 0 Å². The molecule has 4 saturated carbocycles. The van der Waals surface area contributed by atoms with Gasteiger partial charge in [0, 0.05) is 12.0 Å². The molecular weight excluding hydrogens is 387 g/mol. The van der Waals surface area contributed by atoms with Gasteiger partial charge in [-0.15, -0.1) is 0 Å². The minimum Gasteiger partial charge on any atom is -0.451 e. The molecule has 4 aliphatic carbocycles. The lowest BCUT2D eigenvalue weighted by Crippen LogP contribution is -2.54. The molecule has 2 amide bonds. The Labute approximate surface area is 175 Å². The van der Waals surface area contributed by atoms with Crippen molar-refractivity contribution in [1.82, 2.24) is 10.6 Å². The molecule has 6 nitrogen and oxygen atoms in total. The Morgan fingerprint density at radius 1 is 1.03 bits per heavy atom. The van der Waals surface area contributed by atoms with Crippen LogP contribution in [0.4, 0.5) is 4.39 Å². The molecule has 0 saturated heterocycles. The topological polar surface area (TPSA) is 84.5 Å². The summed E-state index contributed by atoms with van der Waals surface area (Å²) in [6, 6.07) is 5.79. The Balaban J connectivity index is 1.21. The fourth-order valence-corrected chi connectivity index (χ4v) is 5.96. The molecule has 30 heavy (non-hydrogen) atoms. The van der Waals surface area contributed by atoms with Crippen molar-refractivity contribution in [2.45, 2.75) is 58.1 Å². The van der Waals surface area contributed by atoms with E-state index in [0.29, 0.717) is 17.8 Å². The molecular formula is C23H29FN2O4. The second-order valence-corrected chi connectivity index (χ2v) is 9.36. The van der Waals surface area contributed by atoms with E-state index in [-0.39, 0.29) is 30.2 Å². The smallest absolute Gasteiger partial charge is 0.326 e. The second kappa shape index (κ2) is 8.36. The molecule has 7 heteroatoms. The van der Waals surface area contributed by atoms with E-state index in [9.17, 15) is 18.8 Å². The lowest BCUT2D eigenvalue weighted by atomic mass is 9.49. The van der Waals surface area contributed by atoms with Crippen LogP contribution in [-0.4, -0.2) is 30.4 Å². The zero-order valence-electron chi connectivity index (χ0n) is 17.3. The lowest BCUT2D eigenvalue weighted by Gasteiger charge is -2.55. The molecule has 1 unspecified atom stereocenters. The maximum Gasteiger partial charge on any atom is 0.326 e. The van der Waals surface area contributed by atoms with Crippen molar-refractivity contribution in [2.75, 3.05) is 6.54 Å². The Morgan fingerprint density at radius 2 is 1.60 bits per heavy atom. The Hall–Kier alpha value is -2.44. The standard InChI is InChI=1S/C23H29FN2O4/c1-14(21(28)25-12-15-2-4-19(24)5-3-15)30-20(27)13-26-22(29)23-9-16-6-17(10-23)8-18(7-16)11-23/h2-5,14,16-18H,6-13H2,1H3,(H,25,28)(H,26,29). The van der Waals surface area contributed by atoms with Gasteiger partial charge in [0.05, 0.1) is 0 Å². The predicted octanol–water partition coefficient (Wildman–Crippen LogP) is 2.71. The second-order valence-electron chi connectivity index (χ2n) is 9.36. The van der Waals surface area contributed by atoms with E-state index >= 15 is 0 Å². The minimum atomic E-state index is -0.977. The van der Waals surface area contributed by atoms with Crippen LogP contribution in [0.3, 0.4) is 0 Å². The summed E-state index contributed by atoms with van der Waals surface area (Å²) in [5.74, 6) is 0.504. The van der Waals surface area contributed by atoms with Crippen LogP contribution in [0.25, 0.3) is 0 Å². The van der Waals surface area contributed by atoms with Crippen molar-refractivity contribution in [3.63, 3.8) is 0 Å². The number of carbonyl (C=O) groups is 3. The van der Waals surface area contributed by atoms with Crippen molar-refractivity contribution in [1.29, 1.82) is 0 Å². The van der Waals surface area contributed by atoms with Gasteiger partial charge in [-0.1, -0.05) is 12.1 Å². The van der Waals surface area contributed by atoms with E-state index < -0.39 is 18.0 Å². The molecule has 4 aliphatic rings. The third-order valence-corrected chi connectivity index (χ3v) is 6.97. The van der Waals surface area contributed by atoms with Gasteiger partial charge >= 0.3 is 5.97 Å². The number of rotatable bonds is 7. The zero-order valence-corrected chi connectivity index (χ0v) is 17.3. The van der Waals surface area contributed by atoms with Crippen molar-refractivity contribution in [3.05, 3.63) is 35.6 Å². The van der Waals surface area contributed by atoms with Gasteiger partial charge in [-0.3, -0.25) is 14.4 Å². The number of hydrogen-bond donors (Lipinski definition) is 2. The van der Waals surface area contributed by atoms with Crippen molar-refractivity contribution in [3.8, 4) is 0 Å². The third-order valence-electron chi connectivity index (χ3n) is 6.97. The van der Waals surface area contributed by atoms with Crippen LogP contribution in [-0.2, 0) is 25.7 Å². The molecule has 4 bridgehead atoms. The molecule has 1 aromatic rings. The summed E-state index contributed by atoms with van der Waals surface area (Å²) in [4.78, 5) is 37.2. The summed E-state index contributed by atoms with van der Waals surface area (Å²) in [5, 5.41) is 5.42. The van der Waals surface area contributed by atoms with E-state index in [4.69, 9.17) is 4.74 Å². The number of benzene rings is 1. The Morgan fingerprint density at radius 3 is 2.17 bits per heavy atom. The van der Waals surface area contributed by atoms with E-state index in [2.05, 4.69) is 10.6 Å². The van der Waals surface area contributed by atoms with E-state index in [0.717, 1.165) is 24.8 Å². The highest BCUT2D eigenvalue weighted by Crippen LogP contribution is 2.60. The molecule has 1 aromatic carbocycles. The molecule has 162 valence electrons. The average molecular weight is 416 g/mol. The maximum atomic E-state index is 12.9. The van der Waals surface area contributed by atoms with E-state index in [1.54, 1.807) is 12.1 Å². The van der Waals surface area contributed by atoms with Crippen molar-refractivity contribution < 1.29 is 23.5 Å². The highest BCUT2D eigenvalue weighted by atomic mass is 19.1. The number of amides is 2. The molecule has 4 fully saturated rings. The Bertz CT molecular complexity index is 788. The fourth-order valence-electron chi connectivity index (χ4n) is 5.96. The molecule has 0 radical (unpaired) electrons. The third kappa shape index (κ3) is 4.50. The summed E-state index contributed by atoms with van der Waals surface area (Å²) in [6.07, 6.45) is 5.57. The van der Waals surface area contributed by atoms with Gasteiger partial charge in [0.15, 0.2) is 6.10 Å². The highest BCUT2D eigenvalue weighted by molar-refractivity contribution is 5.88. The first-order valence-electron chi connectivity index (χ1n) is 10.8. The normalized spacial score (nSPS) is 29.9. The van der Waals surface area contributed by atoms with Crippen molar-refractivity contribution >= 4 is 17.8 Å². The molecule has 5 rings (SSSR count). The summed E-state index contributed by atoms with van der Waals surface area (Å²) in [5.41, 5.74) is 0.429. The Kier molecular flexibility index (Phi) is 5.80. The number of halogens is 1. The highest BCUT2D eigenvalue weighted by Gasteiger charge is 2.54. The maximum absolute atomic E-state index is 12.9. The van der Waals surface area contributed by atoms with Gasteiger partial charge < -0.3 is 15.4 Å². The quantitative estimate of drug-likeness (QED) is 0.670. The number of hydrogen-bond acceptors (Lipinski definition) is 4. The van der Waals surface area contributed by atoms with Gasteiger partial charge in [-0.2, -0.15) is 0 Å². The largest absolute Gasteiger partial charge is 0.451 e. The van der Waals surface area contributed by atoms with Crippen LogP contribution < -0.4 is 10.6 Å². The van der Waals surface area contributed by atoms with Gasteiger partial charge in [-0.05, 0) is 80.9 Å². The molecule has 1 atom stereocenters. The molecule has 0 heterocycles. The van der Waals surface area contributed by atoms with Crippen LogP contribution in [0, 0.1) is 29.0 Å². The van der Waals surface area contributed by atoms with Crippen LogP contribution in [0.15, 0.2) is 24.3 Å². The zero-order chi connectivity index (χ0) is 21.3.